The highest BCUT2D eigenvalue weighted by Crippen LogP contribution is 2.31. The summed E-state index contributed by atoms with van der Waals surface area (Å²) in [5.74, 6) is 1.80. The van der Waals surface area contributed by atoms with E-state index in [4.69, 9.17) is 26.1 Å². The van der Waals surface area contributed by atoms with E-state index in [1.165, 1.54) is 0 Å². The second kappa shape index (κ2) is 8.03. The smallest absolute Gasteiger partial charge is 0.267 e. The van der Waals surface area contributed by atoms with Crippen molar-refractivity contribution in [3.8, 4) is 17.2 Å². The number of benzene rings is 2. The zero-order valence-electron chi connectivity index (χ0n) is 18.1. The van der Waals surface area contributed by atoms with Gasteiger partial charge in [0.25, 0.3) is 5.56 Å². The van der Waals surface area contributed by atoms with Gasteiger partial charge in [-0.25, -0.2) is 4.98 Å². The van der Waals surface area contributed by atoms with E-state index in [0.717, 1.165) is 11.3 Å². The first-order valence-corrected chi connectivity index (χ1v) is 11.1. The van der Waals surface area contributed by atoms with Crippen molar-refractivity contribution in [2.45, 2.75) is 13.0 Å². The number of fused-ring (bicyclic) bond motifs is 4. The summed E-state index contributed by atoms with van der Waals surface area (Å²) in [4.78, 5) is 22.6. The van der Waals surface area contributed by atoms with Crippen LogP contribution in [0.1, 0.15) is 5.56 Å². The Morgan fingerprint density at radius 1 is 1.21 bits per heavy atom. The van der Waals surface area contributed by atoms with Gasteiger partial charge in [0.2, 0.25) is 5.95 Å². The van der Waals surface area contributed by atoms with Crippen molar-refractivity contribution in [2.24, 2.45) is 0 Å². The van der Waals surface area contributed by atoms with Gasteiger partial charge in [-0.3, -0.25) is 14.5 Å². The Bertz CT molecular complexity index is 1610. The molecule has 34 heavy (non-hydrogen) atoms. The molecule has 5 aromatic rings. The molecule has 0 fully saturated rings. The number of ether oxygens (including phenoxy) is 2. The van der Waals surface area contributed by atoms with Crippen LogP contribution >= 0.6 is 11.6 Å². The molecule has 0 radical (unpaired) electrons. The van der Waals surface area contributed by atoms with Crippen LogP contribution in [0.15, 0.2) is 59.7 Å². The van der Waals surface area contributed by atoms with Crippen LogP contribution in [0.2, 0.25) is 5.02 Å². The molecule has 1 aliphatic heterocycles. The summed E-state index contributed by atoms with van der Waals surface area (Å²) >= 11 is 6.15. The Kier molecular flexibility index (Phi) is 4.84. The van der Waals surface area contributed by atoms with Crippen LogP contribution in [0, 0.1) is 6.92 Å². The predicted octanol–water partition coefficient (Wildman–Crippen LogP) is 3.87. The van der Waals surface area contributed by atoms with Crippen molar-refractivity contribution in [1.82, 2.24) is 24.7 Å². The van der Waals surface area contributed by atoms with Crippen molar-refractivity contribution < 1.29 is 9.47 Å². The van der Waals surface area contributed by atoms with Gasteiger partial charge >= 0.3 is 0 Å². The topological polar surface area (TPSA) is 107 Å². The van der Waals surface area contributed by atoms with E-state index in [0.29, 0.717) is 57.5 Å². The van der Waals surface area contributed by atoms with E-state index in [1.54, 1.807) is 23.0 Å². The fourth-order valence-electron chi connectivity index (χ4n) is 4.13. The van der Waals surface area contributed by atoms with Crippen LogP contribution in [0.5, 0.6) is 11.5 Å². The highest BCUT2D eigenvalue weighted by Gasteiger charge is 2.22. The Hall–Kier alpha value is -4.11. The van der Waals surface area contributed by atoms with Gasteiger partial charge in [-0.15, -0.1) is 0 Å². The maximum Gasteiger partial charge on any atom is 0.267 e. The van der Waals surface area contributed by atoms with Crippen LogP contribution in [0.25, 0.3) is 27.6 Å². The molecule has 4 heterocycles. The number of anilines is 1. The number of halogens is 1. The van der Waals surface area contributed by atoms with Gasteiger partial charge < -0.3 is 14.8 Å². The molecule has 0 saturated heterocycles. The highest BCUT2D eigenvalue weighted by molar-refractivity contribution is 6.30. The van der Waals surface area contributed by atoms with Crippen molar-refractivity contribution in [3.63, 3.8) is 0 Å². The molecule has 2 N–H and O–H groups in total. The molecule has 0 spiro atoms. The van der Waals surface area contributed by atoms with Crippen molar-refractivity contribution in [3.05, 3.63) is 75.8 Å². The maximum absolute atomic E-state index is 13.4. The summed E-state index contributed by atoms with van der Waals surface area (Å²) in [7, 11) is 0. The first-order chi connectivity index (χ1) is 16.6. The number of aryl methyl sites for hydroxylation is 1. The average Bonchev–Trinajstić information content (AvgIpc) is 3.34. The molecule has 3 aromatic heterocycles. The second-order valence-corrected chi connectivity index (χ2v) is 8.46. The summed E-state index contributed by atoms with van der Waals surface area (Å²) in [6, 6.07) is 12.9. The quantitative estimate of drug-likeness (QED) is 0.407. The van der Waals surface area contributed by atoms with E-state index in [1.807, 2.05) is 43.3 Å². The predicted molar refractivity (Wildman–Crippen MR) is 129 cm³/mol. The Morgan fingerprint density at radius 2 is 2.06 bits per heavy atom. The summed E-state index contributed by atoms with van der Waals surface area (Å²) in [5.41, 5.74) is 2.27. The van der Waals surface area contributed by atoms with E-state index in [9.17, 15) is 4.79 Å². The molecular formula is C24H19ClN6O3. The third kappa shape index (κ3) is 3.41. The lowest BCUT2D eigenvalue weighted by Crippen LogP contribution is -2.35. The summed E-state index contributed by atoms with van der Waals surface area (Å²) in [5, 5.41) is 11.9. The molecule has 0 unspecified atom stereocenters. The molecule has 170 valence electrons. The van der Waals surface area contributed by atoms with Crippen LogP contribution < -0.4 is 20.3 Å². The van der Waals surface area contributed by atoms with Gasteiger partial charge in [-0.2, -0.15) is 10.1 Å². The van der Waals surface area contributed by atoms with Crippen LogP contribution in [0.4, 0.5) is 5.95 Å². The zero-order chi connectivity index (χ0) is 23.2. The minimum Gasteiger partial charge on any atom is -0.486 e. The lowest BCUT2D eigenvalue weighted by Gasteiger charge is -2.26. The highest BCUT2D eigenvalue weighted by atomic mass is 35.5. The fourth-order valence-corrected chi connectivity index (χ4v) is 4.36. The zero-order valence-corrected chi connectivity index (χ0v) is 18.8. The summed E-state index contributed by atoms with van der Waals surface area (Å²) in [6.45, 7) is 2.73. The molecule has 0 aliphatic carbocycles. The molecule has 9 nitrogen and oxygen atoms in total. The number of H-pyrrole nitrogens is 1. The van der Waals surface area contributed by atoms with Crippen LogP contribution in [-0.2, 0) is 0 Å². The molecule has 2 aromatic carbocycles. The Balaban J connectivity index is 1.40. The third-order valence-electron chi connectivity index (χ3n) is 5.76. The van der Waals surface area contributed by atoms with E-state index in [2.05, 4.69) is 20.5 Å². The van der Waals surface area contributed by atoms with Crippen molar-refractivity contribution in [2.75, 3.05) is 18.5 Å². The fraction of sp³-hybridized carbons (Fsp3) is 0.167. The number of para-hydroxylation sites is 2. The number of hydrogen-bond acceptors (Lipinski definition) is 7. The molecule has 0 saturated carbocycles. The largest absolute Gasteiger partial charge is 0.486 e. The normalized spacial score (nSPS) is 15.1. The molecule has 6 rings (SSSR count). The number of hydrogen-bond donors (Lipinski definition) is 2. The lowest BCUT2D eigenvalue weighted by molar-refractivity contribution is 0.0996. The van der Waals surface area contributed by atoms with Gasteiger partial charge in [-0.05, 0) is 42.8 Å². The molecule has 1 atom stereocenters. The summed E-state index contributed by atoms with van der Waals surface area (Å²) in [6.07, 6.45) is 3.04. The monoisotopic (exact) mass is 474 g/mol. The average molecular weight is 475 g/mol. The number of rotatable bonds is 4. The van der Waals surface area contributed by atoms with Crippen molar-refractivity contribution >= 4 is 39.5 Å². The third-order valence-corrected chi connectivity index (χ3v) is 6.00. The second-order valence-electron chi connectivity index (χ2n) is 8.03. The maximum atomic E-state index is 13.4. The van der Waals surface area contributed by atoms with Gasteiger partial charge in [0.1, 0.15) is 18.2 Å². The lowest BCUT2D eigenvalue weighted by atomic mass is 10.1. The molecule has 0 amide bonds. The van der Waals surface area contributed by atoms with Gasteiger partial charge in [0, 0.05) is 17.4 Å². The minimum absolute atomic E-state index is 0.219. The van der Waals surface area contributed by atoms with Crippen LogP contribution in [-0.4, -0.2) is 44.0 Å². The van der Waals surface area contributed by atoms with E-state index in [-0.39, 0.29) is 11.7 Å². The van der Waals surface area contributed by atoms with E-state index < -0.39 is 0 Å². The van der Waals surface area contributed by atoms with E-state index >= 15 is 0 Å². The standard InChI is InChI=1S/C24H19ClN6O3/c1-13-8-14(25)6-7-18(13)31-22-16(21-17(23(31)32)11-28-30-21)10-27-24(29-22)26-9-15-12-33-19-4-2-3-5-20(19)34-15/h2-8,10-11,15H,9,12H2,1H3,(H,28,30)(H,26,27,29)/t15-/m0/s1. The molecule has 10 heteroatoms. The van der Waals surface area contributed by atoms with Gasteiger partial charge in [0.05, 0.1) is 23.0 Å². The number of pyridine rings is 1. The number of aromatic nitrogens is 5. The molecule has 0 bridgehead atoms. The summed E-state index contributed by atoms with van der Waals surface area (Å²) < 4.78 is 13.3. The SMILES string of the molecule is Cc1cc(Cl)ccc1-n1c(=O)c2c[nH]nc2c2cnc(NC[C@H]3COc4ccccc4O3)nc21. The molecular weight excluding hydrogens is 456 g/mol. The van der Waals surface area contributed by atoms with Gasteiger partial charge in [0.15, 0.2) is 17.1 Å². The Morgan fingerprint density at radius 3 is 2.91 bits per heavy atom. The van der Waals surface area contributed by atoms with Crippen LogP contribution in [0.3, 0.4) is 0 Å². The molecule has 1 aliphatic rings. The Labute approximate surface area is 198 Å². The minimum atomic E-state index is -0.230. The number of nitrogens with zero attached hydrogens (tertiary/aromatic N) is 4. The first-order valence-electron chi connectivity index (χ1n) is 10.7. The van der Waals surface area contributed by atoms with Gasteiger partial charge in [-0.1, -0.05) is 23.7 Å². The van der Waals surface area contributed by atoms with Crippen molar-refractivity contribution in [1.29, 1.82) is 0 Å². The first kappa shape index (κ1) is 20.5. The number of nitrogens with one attached hydrogen (secondary N) is 2. The number of aromatic amines is 1.